The number of hydrogen-bond donors (Lipinski definition) is 2. The zero-order chi connectivity index (χ0) is 18.7. The van der Waals surface area contributed by atoms with Crippen LogP contribution in [0, 0.1) is 0 Å². The Labute approximate surface area is 156 Å². The molecule has 0 fully saturated rings. The van der Waals surface area contributed by atoms with Crippen LogP contribution in [0.4, 0.5) is 11.5 Å². The Morgan fingerprint density at radius 1 is 1.19 bits per heavy atom. The third-order valence-electron chi connectivity index (χ3n) is 4.11. The van der Waals surface area contributed by atoms with Gasteiger partial charge in [0.15, 0.2) is 5.82 Å². The van der Waals surface area contributed by atoms with Crippen LogP contribution in [0.25, 0.3) is 11.4 Å². The first-order chi connectivity index (χ1) is 12.5. The highest BCUT2D eigenvalue weighted by molar-refractivity contribution is 7.08. The molecule has 6 heteroatoms. The highest BCUT2D eigenvalue weighted by atomic mass is 32.1. The Morgan fingerprint density at radius 2 is 1.92 bits per heavy atom. The predicted octanol–water partition coefficient (Wildman–Crippen LogP) is 5.33. The number of aromatic nitrogens is 2. The molecule has 0 aliphatic heterocycles. The lowest BCUT2D eigenvalue weighted by molar-refractivity contribution is 0.0697. The molecule has 0 aliphatic carbocycles. The SMILES string of the molecule is CCc1c(Nc2ccc(C(=O)O)cc2)nc(-c2ccsc2)nc1C(C)C. The minimum absolute atomic E-state index is 0.260. The molecule has 3 aromatic rings. The zero-order valence-corrected chi connectivity index (χ0v) is 15.8. The van der Waals surface area contributed by atoms with Crippen molar-refractivity contribution in [2.75, 3.05) is 5.32 Å². The van der Waals surface area contributed by atoms with E-state index in [1.807, 2.05) is 16.8 Å². The summed E-state index contributed by atoms with van der Waals surface area (Å²) in [6.07, 6.45) is 0.812. The molecule has 26 heavy (non-hydrogen) atoms. The maximum absolute atomic E-state index is 11.0. The van der Waals surface area contributed by atoms with E-state index in [2.05, 4.69) is 26.1 Å². The number of carboxylic acid groups (broad SMARTS) is 1. The quantitative estimate of drug-likeness (QED) is 0.616. The summed E-state index contributed by atoms with van der Waals surface area (Å²) in [6.45, 7) is 6.35. The van der Waals surface area contributed by atoms with Crippen LogP contribution >= 0.6 is 11.3 Å². The zero-order valence-electron chi connectivity index (χ0n) is 15.0. The van der Waals surface area contributed by atoms with Crippen molar-refractivity contribution in [2.45, 2.75) is 33.1 Å². The first-order valence-electron chi connectivity index (χ1n) is 8.53. The van der Waals surface area contributed by atoms with Crippen molar-refractivity contribution in [1.29, 1.82) is 0 Å². The van der Waals surface area contributed by atoms with Gasteiger partial charge in [0, 0.05) is 22.2 Å². The van der Waals surface area contributed by atoms with Crippen LogP contribution < -0.4 is 5.32 Å². The molecule has 1 aromatic carbocycles. The van der Waals surface area contributed by atoms with E-state index in [1.165, 1.54) is 0 Å². The van der Waals surface area contributed by atoms with Crippen LogP contribution in [-0.2, 0) is 6.42 Å². The average Bonchev–Trinajstić information content (AvgIpc) is 3.16. The summed E-state index contributed by atoms with van der Waals surface area (Å²) in [5.41, 5.74) is 4.18. The summed E-state index contributed by atoms with van der Waals surface area (Å²) in [5.74, 6) is 0.822. The van der Waals surface area contributed by atoms with Crippen molar-refractivity contribution < 1.29 is 9.90 Å². The van der Waals surface area contributed by atoms with Gasteiger partial charge in [-0.1, -0.05) is 20.8 Å². The molecule has 0 aliphatic rings. The fourth-order valence-corrected chi connectivity index (χ4v) is 3.42. The van der Waals surface area contributed by atoms with Crippen molar-refractivity contribution in [3.05, 3.63) is 57.9 Å². The molecule has 0 radical (unpaired) electrons. The maximum atomic E-state index is 11.0. The number of aromatic carboxylic acids is 1. The van der Waals surface area contributed by atoms with Gasteiger partial charge in [0.2, 0.25) is 0 Å². The highest BCUT2D eigenvalue weighted by Gasteiger charge is 2.17. The topological polar surface area (TPSA) is 75.1 Å². The molecule has 0 bridgehead atoms. The Morgan fingerprint density at radius 3 is 2.46 bits per heavy atom. The van der Waals surface area contributed by atoms with Gasteiger partial charge in [-0.25, -0.2) is 14.8 Å². The van der Waals surface area contributed by atoms with Gasteiger partial charge in [-0.2, -0.15) is 11.3 Å². The van der Waals surface area contributed by atoms with Crippen molar-refractivity contribution >= 4 is 28.8 Å². The molecule has 134 valence electrons. The highest BCUT2D eigenvalue weighted by Crippen LogP contribution is 2.30. The second kappa shape index (κ2) is 7.66. The van der Waals surface area contributed by atoms with E-state index in [0.29, 0.717) is 5.82 Å². The van der Waals surface area contributed by atoms with Gasteiger partial charge in [-0.15, -0.1) is 0 Å². The standard InChI is InChI=1S/C20H21N3O2S/c1-4-16-17(12(2)3)22-18(14-9-10-26-11-14)23-19(16)21-15-7-5-13(6-8-15)20(24)25/h5-12H,4H2,1-3H3,(H,24,25)(H,21,22,23). The fraction of sp³-hybridized carbons (Fsp3) is 0.250. The van der Waals surface area contributed by atoms with E-state index in [-0.39, 0.29) is 11.5 Å². The van der Waals surface area contributed by atoms with Crippen LogP contribution in [0.2, 0.25) is 0 Å². The minimum Gasteiger partial charge on any atom is -0.478 e. The van der Waals surface area contributed by atoms with Crippen LogP contribution in [0.1, 0.15) is 48.3 Å². The molecule has 5 nitrogen and oxygen atoms in total. The second-order valence-corrected chi connectivity index (χ2v) is 7.07. The van der Waals surface area contributed by atoms with E-state index < -0.39 is 5.97 Å². The van der Waals surface area contributed by atoms with E-state index in [0.717, 1.165) is 34.7 Å². The van der Waals surface area contributed by atoms with E-state index in [9.17, 15) is 4.79 Å². The average molecular weight is 367 g/mol. The van der Waals surface area contributed by atoms with Crippen molar-refractivity contribution in [3.63, 3.8) is 0 Å². The maximum Gasteiger partial charge on any atom is 0.335 e. The molecule has 2 N–H and O–H groups in total. The smallest absolute Gasteiger partial charge is 0.335 e. The summed E-state index contributed by atoms with van der Waals surface area (Å²) in [5, 5.41) is 16.4. The number of thiophene rings is 1. The summed E-state index contributed by atoms with van der Waals surface area (Å²) < 4.78 is 0. The Balaban J connectivity index is 2.05. The van der Waals surface area contributed by atoms with Gasteiger partial charge in [0.05, 0.1) is 11.3 Å². The second-order valence-electron chi connectivity index (χ2n) is 6.29. The van der Waals surface area contributed by atoms with Gasteiger partial charge < -0.3 is 10.4 Å². The lowest BCUT2D eigenvalue weighted by Gasteiger charge is -2.17. The molecule has 0 unspecified atom stereocenters. The lowest BCUT2D eigenvalue weighted by Crippen LogP contribution is -2.08. The number of benzene rings is 1. The van der Waals surface area contributed by atoms with Crippen LogP contribution in [0.5, 0.6) is 0 Å². The lowest BCUT2D eigenvalue weighted by atomic mass is 10.0. The third kappa shape index (κ3) is 3.75. The summed E-state index contributed by atoms with van der Waals surface area (Å²) in [4.78, 5) is 20.6. The monoisotopic (exact) mass is 367 g/mol. The molecule has 0 saturated heterocycles. The molecule has 0 atom stereocenters. The molecule has 2 aromatic heterocycles. The molecule has 2 heterocycles. The van der Waals surface area contributed by atoms with E-state index >= 15 is 0 Å². The normalized spacial score (nSPS) is 10.9. The van der Waals surface area contributed by atoms with Gasteiger partial charge in [-0.3, -0.25) is 0 Å². The summed E-state index contributed by atoms with van der Waals surface area (Å²) in [7, 11) is 0. The summed E-state index contributed by atoms with van der Waals surface area (Å²) in [6, 6.07) is 8.69. The molecular formula is C20H21N3O2S. The van der Waals surface area contributed by atoms with Gasteiger partial charge in [-0.05, 0) is 48.1 Å². The van der Waals surface area contributed by atoms with Gasteiger partial charge in [0.1, 0.15) is 5.82 Å². The van der Waals surface area contributed by atoms with E-state index in [1.54, 1.807) is 35.6 Å². The molecule has 0 amide bonds. The Hall–Kier alpha value is -2.73. The van der Waals surface area contributed by atoms with Crippen molar-refractivity contribution in [3.8, 4) is 11.4 Å². The molecular weight excluding hydrogens is 346 g/mol. The molecule has 0 spiro atoms. The third-order valence-corrected chi connectivity index (χ3v) is 4.80. The Kier molecular flexibility index (Phi) is 5.32. The van der Waals surface area contributed by atoms with E-state index in [4.69, 9.17) is 15.1 Å². The van der Waals surface area contributed by atoms with Crippen LogP contribution in [0.3, 0.4) is 0 Å². The van der Waals surface area contributed by atoms with Crippen molar-refractivity contribution in [2.24, 2.45) is 0 Å². The number of nitrogens with one attached hydrogen (secondary N) is 1. The van der Waals surface area contributed by atoms with Crippen LogP contribution in [-0.4, -0.2) is 21.0 Å². The predicted molar refractivity (Wildman–Crippen MR) is 105 cm³/mol. The molecule has 3 rings (SSSR count). The van der Waals surface area contributed by atoms with Gasteiger partial charge >= 0.3 is 5.97 Å². The van der Waals surface area contributed by atoms with Crippen LogP contribution in [0.15, 0.2) is 41.1 Å². The van der Waals surface area contributed by atoms with Crippen molar-refractivity contribution in [1.82, 2.24) is 9.97 Å². The van der Waals surface area contributed by atoms with Gasteiger partial charge in [0.25, 0.3) is 0 Å². The number of anilines is 2. The number of rotatable bonds is 6. The minimum atomic E-state index is -0.935. The number of carboxylic acids is 1. The number of nitrogens with zero attached hydrogens (tertiary/aromatic N) is 2. The first kappa shape index (κ1) is 18.1. The first-order valence-corrected chi connectivity index (χ1v) is 9.47. The fourth-order valence-electron chi connectivity index (χ4n) is 2.78. The largest absolute Gasteiger partial charge is 0.478 e. The number of carbonyl (C=O) groups is 1. The Bertz CT molecular complexity index is 904. The summed E-state index contributed by atoms with van der Waals surface area (Å²) >= 11 is 1.62. The number of hydrogen-bond acceptors (Lipinski definition) is 5. The molecule has 0 saturated carbocycles.